The van der Waals surface area contributed by atoms with Gasteiger partial charge < -0.3 is 15.2 Å². The Bertz CT molecular complexity index is 1470. The Kier molecular flexibility index (Phi) is 5.28. The van der Waals surface area contributed by atoms with Crippen LogP contribution in [0.1, 0.15) is 5.69 Å². The van der Waals surface area contributed by atoms with E-state index >= 15 is 0 Å². The highest BCUT2D eigenvalue weighted by Gasteiger charge is 2.14. The topological polar surface area (TPSA) is 69.7 Å². The molecule has 0 bridgehead atoms. The fourth-order valence-corrected chi connectivity index (χ4v) is 4.63. The molecule has 2 N–H and O–H groups in total. The smallest absolute Gasteiger partial charge is 0.0977 e. The lowest BCUT2D eigenvalue weighted by atomic mass is 10.0. The summed E-state index contributed by atoms with van der Waals surface area (Å²) in [6, 6.07) is 23.3. The molecule has 0 radical (unpaired) electrons. The molecule has 2 aromatic carbocycles. The predicted molar refractivity (Wildman–Crippen MR) is 138 cm³/mol. The number of hydrogen-bond acceptors (Lipinski definition) is 5. The second kappa shape index (κ2) is 8.72. The van der Waals surface area contributed by atoms with Crippen molar-refractivity contribution in [2.24, 2.45) is 0 Å². The van der Waals surface area contributed by atoms with Crippen molar-refractivity contribution in [1.82, 2.24) is 25.3 Å². The number of rotatable bonds is 4. The van der Waals surface area contributed by atoms with Crippen molar-refractivity contribution < 1.29 is 0 Å². The number of imidazole rings is 1. The number of hydrogen-bond donors (Lipinski definition) is 2. The molecule has 0 unspecified atom stereocenters. The molecular weight excluding hydrogens is 420 g/mol. The molecule has 1 saturated heterocycles. The fraction of sp³-hybridized carbons (Fsp3) is 0.179. The predicted octanol–water partition coefficient (Wildman–Crippen LogP) is 5.07. The molecule has 0 aliphatic carbocycles. The van der Waals surface area contributed by atoms with E-state index in [1.807, 2.05) is 31.3 Å². The third-order valence-corrected chi connectivity index (χ3v) is 6.40. The monoisotopic (exact) mass is 446 g/mol. The van der Waals surface area contributed by atoms with E-state index in [0.717, 1.165) is 71.0 Å². The molecule has 6 rings (SSSR count). The molecule has 34 heavy (non-hydrogen) atoms. The van der Waals surface area contributed by atoms with Gasteiger partial charge in [-0.1, -0.05) is 24.3 Å². The average molecular weight is 447 g/mol. The summed E-state index contributed by atoms with van der Waals surface area (Å²) in [5.74, 6) is 0. The largest absolute Gasteiger partial charge is 0.369 e. The number of piperazine rings is 1. The van der Waals surface area contributed by atoms with Crippen LogP contribution in [-0.2, 0) is 0 Å². The Morgan fingerprint density at radius 3 is 2.56 bits per heavy atom. The minimum absolute atomic E-state index is 0.893. The molecule has 0 spiro atoms. The number of aryl methyl sites for hydroxylation is 1. The fourth-order valence-electron chi connectivity index (χ4n) is 4.63. The van der Waals surface area contributed by atoms with Crippen LogP contribution in [0.2, 0.25) is 0 Å². The van der Waals surface area contributed by atoms with Gasteiger partial charge in [0.25, 0.3) is 0 Å². The Balaban J connectivity index is 1.37. The molecule has 6 nitrogen and oxygen atoms in total. The van der Waals surface area contributed by atoms with Crippen LogP contribution in [0.3, 0.4) is 0 Å². The minimum Gasteiger partial charge on any atom is -0.369 e. The van der Waals surface area contributed by atoms with Crippen LogP contribution in [0.4, 0.5) is 5.69 Å². The maximum absolute atomic E-state index is 4.75. The summed E-state index contributed by atoms with van der Waals surface area (Å²) in [4.78, 5) is 19.7. The van der Waals surface area contributed by atoms with Crippen LogP contribution < -0.4 is 10.2 Å². The van der Waals surface area contributed by atoms with E-state index in [4.69, 9.17) is 4.98 Å². The molecule has 0 saturated carbocycles. The van der Waals surface area contributed by atoms with Crippen LogP contribution >= 0.6 is 0 Å². The lowest BCUT2D eigenvalue weighted by molar-refractivity contribution is 0.589. The summed E-state index contributed by atoms with van der Waals surface area (Å²) < 4.78 is 0. The SMILES string of the molecule is Cc1cccc(-c2[nH]cnc2-c2ccc3ncc(-c4cccc(N5CCNCC5)c4)cc3c2)n1. The zero-order valence-corrected chi connectivity index (χ0v) is 19.1. The quantitative estimate of drug-likeness (QED) is 0.403. The standard InChI is InChI=1S/C28H26N6/c1-19-4-2-7-26(33-19)28-27(31-18-32-28)21-8-9-25-22(14-21)15-23(17-30-25)20-5-3-6-24(16-20)34-12-10-29-11-13-34/h2-9,14-18,29H,10-13H2,1H3,(H,31,32). The van der Waals surface area contributed by atoms with E-state index in [2.05, 4.69) is 73.7 Å². The summed E-state index contributed by atoms with van der Waals surface area (Å²) in [6.07, 6.45) is 3.70. The second-order valence-electron chi connectivity index (χ2n) is 8.71. The minimum atomic E-state index is 0.893. The first-order valence-corrected chi connectivity index (χ1v) is 11.7. The molecule has 168 valence electrons. The highest BCUT2D eigenvalue weighted by Crippen LogP contribution is 2.32. The number of nitrogens with one attached hydrogen (secondary N) is 2. The van der Waals surface area contributed by atoms with E-state index in [-0.39, 0.29) is 0 Å². The number of nitrogens with zero attached hydrogens (tertiary/aromatic N) is 4. The van der Waals surface area contributed by atoms with Crippen molar-refractivity contribution >= 4 is 16.6 Å². The zero-order chi connectivity index (χ0) is 22.9. The Morgan fingerprint density at radius 1 is 0.824 bits per heavy atom. The van der Waals surface area contributed by atoms with Crippen molar-refractivity contribution in [3.05, 3.63) is 84.9 Å². The van der Waals surface area contributed by atoms with Crippen LogP contribution in [0.5, 0.6) is 0 Å². The van der Waals surface area contributed by atoms with E-state index in [0.29, 0.717) is 0 Å². The van der Waals surface area contributed by atoms with Gasteiger partial charge >= 0.3 is 0 Å². The summed E-state index contributed by atoms with van der Waals surface area (Å²) in [5, 5.41) is 4.51. The van der Waals surface area contributed by atoms with Crippen LogP contribution in [-0.4, -0.2) is 46.1 Å². The molecule has 3 aromatic heterocycles. The van der Waals surface area contributed by atoms with Crippen molar-refractivity contribution in [3.63, 3.8) is 0 Å². The molecule has 6 heteroatoms. The summed E-state index contributed by atoms with van der Waals surface area (Å²) in [7, 11) is 0. The number of pyridine rings is 2. The first-order chi connectivity index (χ1) is 16.7. The maximum atomic E-state index is 4.75. The number of anilines is 1. The van der Waals surface area contributed by atoms with Gasteiger partial charge in [-0.2, -0.15) is 0 Å². The second-order valence-corrected chi connectivity index (χ2v) is 8.71. The maximum Gasteiger partial charge on any atom is 0.0977 e. The van der Waals surface area contributed by atoms with Gasteiger partial charge in [-0.15, -0.1) is 0 Å². The van der Waals surface area contributed by atoms with E-state index in [9.17, 15) is 0 Å². The van der Waals surface area contributed by atoms with E-state index in [1.165, 1.54) is 11.3 Å². The third kappa shape index (κ3) is 3.93. The van der Waals surface area contributed by atoms with Gasteiger partial charge in [0.2, 0.25) is 0 Å². The highest BCUT2D eigenvalue weighted by molar-refractivity contribution is 5.89. The normalized spacial score (nSPS) is 14.0. The Labute approximate surface area is 198 Å². The molecule has 1 fully saturated rings. The van der Waals surface area contributed by atoms with Crippen molar-refractivity contribution in [2.75, 3.05) is 31.1 Å². The van der Waals surface area contributed by atoms with Gasteiger partial charge in [-0.25, -0.2) is 4.98 Å². The van der Waals surface area contributed by atoms with Crippen molar-refractivity contribution in [2.45, 2.75) is 6.92 Å². The average Bonchev–Trinajstić information content (AvgIpc) is 3.39. The van der Waals surface area contributed by atoms with Gasteiger partial charge in [-0.3, -0.25) is 9.97 Å². The molecule has 0 atom stereocenters. The first-order valence-electron chi connectivity index (χ1n) is 11.7. The van der Waals surface area contributed by atoms with Gasteiger partial charge in [0.05, 0.1) is 28.9 Å². The van der Waals surface area contributed by atoms with Crippen LogP contribution in [0, 0.1) is 6.92 Å². The number of fused-ring (bicyclic) bond motifs is 1. The van der Waals surface area contributed by atoms with E-state index < -0.39 is 0 Å². The van der Waals surface area contributed by atoms with E-state index in [1.54, 1.807) is 6.33 Å². The van der Waals surface area contributed by atoms with Crippen LogP contribution in [0.15, 0.2) is 79.3 Å². The highest BCUT2D eigenvalue weighted by atomic mass is 15.2. The zero-order valence-electron chi connectivity index (χ0n) is 19.1. The first kappa shape index (κ1) is 20.6. The Morgan fingerprint density at radius 2 is 1.68 bits per heavy atom. The number of aromatic amines is 1. The number of benzene rings is 2. The van der Waals surface area contributed by atoms with Crippen LogP contribution in [0.25, 0.3) is 44.7 Å². The molecule has 1 aliphatic rings. The van der Waals surface area contributed by atoms with Gasteiger partial charge in [-0.05, 0) is 55.0 Å². The number of H-pyrrole nitrogens is 1. The van der Waals surface area contributed by atoms with Crippen molar-refractivity contribution in [3.8, 4) is 33.8 Å². The molecule has 4 heterocycles. The summed E-state index contributed by atoms with van der Waals surface area (Å²) in [6.45, 7) is 6.12. The third-order valence-electron chi connectivity index (χ3n) is 6.40. The summed E-state index contributed by atoms with van der Waals surface area (Å²) in [5.41, 5.74) is 9.26. The van der Waals surface area contributed by atoms with Crippen molar-refractivity contribution in [1.29, 1.82) is 0 Å². The van der Waals surface area contributed by atoms with Gasteiger partial charge in [0.1, 0.15) is 0 Å². The molecular formula is C28H26N6. The molecule has 1 aliphatic heterocycles. The number of aromatic nitrogens is 4. The van der Waals surface area contributed by atoms with Gasteiger partial charge in [0.15, 0.2) is 0 Å². The summed E-state index contributed by atoms with van der Waals surface area (Å²) >= 11 is 0. The molecule has 5 aromatic rings. The lowest BCUT2D eigenvalue weighted by Gasteiger charge is -2.29. The Hall–Kier alpha value is -4.03. The molecule has 0 amide bonds. The lowest BCUT2D eigenvalue weighted by Crippen LogP contribution is -2.43. The van der Waals surface area contributed by atoms with Gasteiger partial charge in [0, 0.05) is 60.3 Å².